The first-order chi connectivity index (χ1) is 10.3. The van der Waals surface area contributed by atoms with Crippen molar-refractivity contribution in [3.8, 4) is 0 Å². The summed E-state index contributed by atoms with van der Waals surface area (Å²) in [6.45, 7) is 3.66. The Labute approximate surface area is 127 Å². The Morgan fingerprint density at radius 3 is 2.45 bits per heavy atom. The number of halogens is 2. The summed E-state index contributed by atoms with van der Waals surface area (Å²) in [5.74, 6) is -3.12. The van der Waals surface area contributed by atoms with E-state index < -0.39 is 29.6 Å². The lowest BCUT2D eigenvalue weighted by atomic mass is 10.1. The number of amides is 2. The van der Waals surface area contributed by atoms with Crippen LogP contribution in [0.15, 0.2) is 18.2 Å². The van der Waals surface area contributed by atoms with Crippen molar-refractivity contribution in [2.75, 3.05) is 13.1 Å². The molecule has 0 aliphatic carbocycles. The van der Waals surface area contributed by atoms with Crippen molar-refractivity contribution in [3.63, 3.8) is 0 Å². The lowest BCUT2D eigenvalue weighted by molar-refractivity contribution is -0.120. The highest BCUT2D eigenvalue weighted by Crippen LogP contribution is 2.08. The van der Waals surface area contributed by atoms with E-state index in [-0.39, 0.29) is 18.0 Å². The van der Waals surface area contributed by atoms with Crippen molar-refractivity contribution >= 4 is 11.8 Å². The fourth-order valence-electron chi connectivity index (χ4n) is 1.92. The van der Waals surface area contributed by atoms with Crippen molar-refractivity contribution < 1.29 is 23.5 Å². The second kappa shape index (κ2) is 8.43. The summed E-state index contributed by atoms with van der Waals surface area (Å²) in [5, 5.41) is 14.1. The zero-order valence-electron chi connectivity index (χ0n) is 12.5. The first kappa shape index (κ1) is 18.0. The number of hydrogen-bond donors (Lipinski definition) is 3. The van der Waals surface area contributed by atoms with Crippen LogP contribution in [0.2, 0.25) is 0 Å². The van der Waals surface area contributed by atoms with Crippen molar-refractivity contribution in [3.05, 3.63) is 35.4 Å². The Balaban J connectivity index is 2.37. The van der Waals surface area contributed by atoms with Gasteiger partial charge < -0.3 is 15.7 Å². The average Bonchev–Trinajstić information content (AvgIpc) is 2.44. The molecule has 0 aliphatic heterocycles. The molecule has 2 amide bonds. The predicted octanol–water partition coefficient (Wildman–Crippen LogP) is 1.22. The van der Waals surface area contributed by atoms with Gasteiger partial charge in [-0.3, -0.25) is 9.59 Å². The van der Waals surface area contributed by atoms with E-state index in [2.05, 4.69) is 10.6 Å². The van der Waals surface area contributed by atoms with Crippen LogP contribution in [0.1, 0.15) is 30.6 Å². The Morgan fingerprint density at radius 1 is 1.18 bits per heavy atom. The first-order valence-corrected chi connectivity index (χ1v) is 6.97. The Bertz CT molecular complexity index is 536. The number of carbonyl (C=O) groups excluding carboxylic acids is 2. The third kappa shape index (κ3) is 6.17. The minimum Gasteiger partial charge on any atom is -0.393 e. The van der Waals surface area contributed by atoms with Crippen molar-refractivity contribution in [1.29, 1.82) is 0 Å². The molecule has 0 radical (unpaired) electrons. The molecule has 0 fully saturated rings. The summed E-state index contributed by atoms with van der Waals surface area (Å²) < 4.78 is 25.8. The summed E-state index contributed by atoms with van der Waals surface area (Å²) in [6, 6.07) is 2.76. The zero-order chi connectivity index (χ0) is 16.7. The summed E-state index contributed by atoms with van der Waals surface area (Å²) in [7, 11) is 0. The lowest BCUT2D eigenvalue weighted by Crippen LogP contribution is -2.38. The maximum atomic E-state index is 13.0. The van der Waals surface area contributed by atoms with E-state index in [1.54, 1.807) is 6.92 Å². The van der Waals surface area contributed by atoms with Crippen molar-refractivity contribution in [1.82, 2.24) is 10.6 Å². The van der Waals surface area contributed by atoms with Crippen LogP contribution in [0.25, 0.3) is 0 Å². The van der Waals surface area contributed by atoms with Crippen molar-refractivity contribution in [2.24, 2.45) is 5.92 Å². The summed E-state index contributed by atoms with van der Waals surface area (Å²) in [5.41, 5.74) is -0.0610. The van der Waals surface area contributed by atoms with Crippen molar-refractivity contribution in [2.45, 2.75) is 26.4 Å². The molecule has 0 aromatic heterocycles. The highest BCUT2D eigenvalue weighted by molar-refractivity contribution is 5.96. The van der Waals surface area contributed by atoms with E-state index >= 15 is 0 Å². The molecule has 0 heterocycles. The minimum atomic E-state index is -1.12. The second-order valence-corrected chi connectivity index (χ2v) is 5.31. The number of rotatable bonds is 7. The molecule has 1 aromatic rings. The lowest BCUT2D eigenvalue weighted by Gasteiger charge is -2.14. The van der Waals surface area contributed by atoms with E-state index in [1.807, 2.05) is 6.92 Å². The monoisotopic (exact) mass is 314 g/mol. The quantitative estimate of drug-likeness (QED) is 0.708. The van der Waals surface area contributed by atoms with Gasteiger partial charge in [0.15, 0.2) is 11.6 Å². The molecule has 22 heavy (non-hydrogen) atoms. The Hall–Kier alpha value is -2.02. The molecule has 0 saturated heterocycles. The largest absolute Gasteiger partial charge is 0.393 e. The molecule has 122 valence electrons. The molecule has 3 N–H and O–H groups in total. The maximum Gasteiger partial charge on any atom is 0.251 e. The van der Waals surface area contributed by atoms with Crippen LogP contribution in [0.3, 0.4) is 0 Å². The third-order valence-electron chi connectivity index (χ3n) is 2.98. The van der Waals surface area contributed by atoms with Crippen LogP contribution in [0, 0.1) is 17.6 Å². The molecule has 2 atom stereocenters. The number of benzene rings is 1. The van der Waals surface area contributed by atoms with Crippen LogP contribution in [0.5, 0.6) is 0 Å². The van der Waals surface area contributed by atoms with Gasteiger partial charge in [-0.05, 0) is 37.5 Å². The topological polar surface area (TPSA) is 78.4 Å². The van der Waals surface area contributed by atoms with Gasteiger partial charge in [-0.1, -0.05) is 6.92 Å². The van der Waals surface area contributed by atoms with Crippen LogP contribution >= 0.6 is 0 Å². The zero-order valence-corrected chi connectivity index (χ0v) is 12.5. The van der Waals surface area contributed by atoms with E-state index in [1.165, 1.54) is 0 Å². The van der Waals surface area contributed by atoms with Gasteiger partial charge in [-0.25, -0.2) is 8.78 Å². The molecule has 0 saturated carbocycles. The molecule has 5 nitrogen and oxygen atoms in total. The van der Waals surface area contributed by atoms with Gasteiger partial charge in [0.2, 0.25) is 5.91 Å². The van der Waals surface area contributed by atoms with Gasteiger partial charge in [-0.15, -0.1) is 0 Å². The predicted molar refractivity (Wildman–Crippen MR) is 77.2 cm³/mol. The van der Waals surface area contributed by atoms with E-state index in [0.717, 1.165) is 18.2 Å². The molecule has 0 spiro atoms. The number of hydrogen-bond acceptors (Lipinski definition) is 3. The molecular formula is C15H20F2N2O3. The van der Waals surface area contributed by atoms with Gasteiger partial charge in [0.25, 0.3) is 5.91 Å². The molecule has 7 heteroatoms. The number of nitrogens with one attached hydrogen (secondary N) is 2. The molecule has 1 rings (SSSR count). The molecule has 2 unspecified atom stereocenters. The average molecular weight is 314 g/mol. The number of aliphatic hydroxyl groups excluding tert-OH is 1. The van der Waals surface area contributed by atoms with E-state index in [9.17, 15) is 23.5 Å². The molecule has 1 aromatic carbocycles. The standard InChI is InChI=1S/C15H20F2N2O3/c1-9(5-10(2)20)7-18-14(21)8-19-15(22)11-3-4-12(16)13(17)6-11/h3-4,6,9-10,20H,5,7-8H2,1-2H3,(H,18,21)(H,19,22). The highest BCUT2D eigenvalue weighted by Gasteiger charge is 2.12. The minimum absolute atomic E-state index is 0.0610. The normalized spacial score (nSPS) is 13.3. The summed E-state index contributed by atoms with van der Waals surface area (Å²) in [4.78, 5) is 23.3. The van der Waals surface area contributed by atoms with Gasteiger partial charge in [0.1, 0.15) is 0 Å². The Morgan fingerprint density at radius 2 is 1.86 bits per heavy atom. The second-order valence-electron chi connectivity index (χ2n) is 5.31. The third-order valence-corrected chi connectivity index (χ3v) is 2.98. The molecule has 0 bridgehead atoms. The maximum absolute atomic E-state index is 13.0. The van der Waals surface area contributed by atoms with Crippen LogP contribution < -0.4 is 10.6 Å². The van der Waals surface area contributed by atoms with Crippen LogP contribution in [-0.2, 0) is 4.79 Å². The fourth-order valence-corrected chi connectivity index (χ4v) is 1.92. The van der Waals surface area contributed by atoms with Gasteiger partial charge in [-0.2, -0.15) is 0 Å². The SMILES string of the molecule is CC(O)CC(C)CNC(=O)CNC(=O)c1ccc(F)c(F)c1. The molecular weight excluding hydrogens is 294 g/mol. The van der Waals surface area contributed by atoms with Gasteiger partial charge >= 0.3 is 0 Å². The van der Waals surface area contributed by atoms with Crippen LogP contribution in [-0.4, -0.2) is 36.1 Å². The Kier molecular flexibility index (Phi) is 6.91. The van der Waals surface area contributed by atoms with Gasteiger partial charge in [0, 0.05) is 12.1 Å². The fraction of sp³-hybridized carbons (Fsp3) is 0.467. The van der Waals surface area contributed by atoms with Crippen LogP contribution in [0.4, 0.5) is 8.78 Å². The number of carbonyl (C=O) groups is 2. The molecule has 0 aliphatic rings. The van der Waals surface area contributed by atoms with Gasteiger partial charge in [0.05, 0.1) is 12.6 Å². The summed E-state index contributed by atoms with van der Waals surface area (Å²) >= 11 is 0. The summed E-state index contributed by atoms with van der Waals surface area (Å²) in [6.07, 6.45) is 0.113. The van der Waals surface area contributed by atoms with E-state index in [0.29, 0.717) is 13.0 Å². The smallest absolute Gasteiger partial charge is 0.251 e. The highest BCUT2D eigenvalue weighted by atomic mass is 19.2. The van der Waals surface area contributed by atoms with E-state index in [4.69, 9.17) is 0 Å². The number of aliphatic hydroxyl groups is 1. The first-order valence-electron chi connectivity index (χ1n) is 6.97.